The Balaban J connectivity index is 2.05. The molecule has 136 valence electrons. The van der Waals surface area contributed by atoms with Crippen LogP contribution in [0.25, 0.3) is 11.0 Å². The molecule has 0 fully saturated rings. The standard InChI is InChI=1S/C17H16BrFN4O3/c1-23-9-20-16-13(23)8-12(17(25)22-26-7-6-24)15(14(16)19)21-11-4-2-10(18)3-5-11/h2-5,8-9,21,24H,6-7H2,1H3,(H,22,25). The van der Waals surface area contributed by atoms with Crippen LogP contribution in [-0.4, -0.2) is 33.8 Å². The predicted molar refractivity (Wildman–Crippen MR) is 98.6 cm³/mol. The number of benzene rings is 2. The van der Waals surface area contributed by atoms with Crippen molar-refractivity contribution in [2.75, 3.05) is 18.5 Å². The van der Waals surface area contributed by atoms with Gasteiger partial charge in [-0.2, -0.15) is 0 Å². The van der Waals surface area contributed by atoms with Crippen LogP contribution < -0.4 is 10.8 Å². The number of hydrogen-bond acceptors (Lipinski definition) is 5. The zero-order valence-corrected chi connectivity index (χ0v) is 15.4. The number of aryl methyl sites for hydroxylation is 1. The lowest BCUT2D eigenvalue weighted by Crippen LogP contribution is -2.26. The van der Waals surface area contributed by atoms with Crippen molar-refractivity contribution in [3.8, 4) is 0 Å². The van der Waals surface area contributed by atoms with Crippen molar-refractivity contribution >= 4 is 44.2 Å². The smallest absolute Gasteiger partial charge is 0.277 e. The number of carbonyl (C=O) groups excluding carboxylic acids is 1. The summed E-state index contributed by atoms with van der Waals surface area (Å²) >= 11 is 3.34. The highest BCUT2D eigenvalue weighted by Gasteiger charge is 2.21. The van der Waals surface area contributed by atoms with E-state index in [1.165, 1.54) is 12.4 Å². The van der Waals surface area contributed by atoms with Crippen LogP contribution in [0.4, 0.5) is 15.8 Å². The quantitative estimate of drug-likeness (QED) is 0.419. The van der Waals surface area contributed by atoms with Gasteiger partial charge in [-0.1, -0.05) is 15.9 Å². The number of rotatable bonds is 6. The van der Waals surface area contributed by atoms with Gasteiger partial charge >= 0.3 is 0 Å². The molecule has 26 heavy (non-hydrogen) atoms. The van der Waals surface area contributed by atoms with E-state index in [2.05, 4.69) is 31.7 Å². The highest BCUT2D eigenvalue weighted by molar-refractivity contribution is 9.10. The third-order valence-electron chi connectivity index (χ3n) is 3.68. The first-order chi connectivity index (χ1) is 12.5. The number of nitrogens with one attached hydrogen (secondary N) is 2. The number of aliphatic hydroxyl groups excluding tert-OH is 1. The average Bonchev–Trinajstić information content (AvgIpc) is 3.00. The summed E-state index contributed by atoms with van der Waals surface area (Å²) < 4.78 is 17.5. The third kappa shape index (κ3) is 3.69. The summed E-state index contributed by atoms with van der Waals surface area (Å²) in [6, 6.07) is 8.61. The molecule has 3 aromatic rings. The number of amides is 1. The summed E-state index contributed by atoms with van der Waals surface area (Å²) in [5, 5.41) is 11.7. The van der Waals surface area contributed by atoms with E-state index in [9.17, 15) is 4.79 Å². The first-order valence-corrected chi connectivity index (χ1v) is 8.49. The van der Waals surface area contributed by atoms with Gasteiger partial charge in [0.2, 0.25) is 0 Å². The molecule has 3 N–H and O–H groups in total. The Morgan fingerprint density at radius 1 is 1.38 bits per heavy atom. The highest BCUT2D eigenvalue weighted by atomic mass is 79.9. The van der Waals surface area contributed by atoms with Crippen LogP contribution in [0.15, 0.2) is 41.1 Å². The topological polar surface area (TPSA) is 88.4 Å². The van der Waals surface area contributed by atoms with E-state index in [0.29, 0.717) is 11.2 Å². The molecule has 7 nitrogen and oxygen atoms in total. The molecule has 2 aromatic carbocycles. The fourth-order valence-electron chi connectivity index (χ4n) is 2.42. The normalized spacial score (nSPS) is 10.9. The van der Waals surface area contributed by atoms with Gasteiger partial charge in [-0.15, -0.1) is 0 Å². The fourth-order valence-corrected chi connectivity index (χ4v) is 2.68. The van der Waals surface area contributed by atoms with E-state index in [4.69, 9.17) is 9.94 Å². The minimum absolute atomic E-state index is 0.0105. The van der Waals surface area contributed by atoms with Gasteiger partial charge in [0.25, 0.3) is 5.91 Å². The predicted octanol–water partition coefficient (Wildman–Crippen LogP) is 2.87. The van der Waals surface area contributed by atoms with Crippen molar-refractivity contribution in [1.82, 2.24) is 15.0 Å². The van der Waals surface area contributed by atoms with Crippen molar-refractivity contribution < 1.29 is 19.1 Å². The molecule has 0 spiro atoms. The largest absolute Gasteiger partial charge is 0.394 e. The van der Waals surface area contributed by atoms with Gasteiger partial charge in [0.1, 0.15) is 5.52 Å². The van der Waals surface area contributed by atoms with Crippen molar-refractivity contribution in [3.05, 3.63) is 52.5 Å². The minimum atomic E-state index is -0.640. The van der Waals surface area contributed by atoms with E-state index >= 15 is 4.39 Å². The van der Waals surface area contributed by atoms with Gasteiger partial charge in [-0.05, 0) is 30.3 Å². The Bertz CT molecular complexity index is 943. The van der Waals surface area contributed by atoms with Crippen LogP contribution in [0.3, 0.4) is 0 Å². The molecule has 0 saturated carbocycles. The number of nitrogens with zero attached hydrogens (tertiary/aromatic N) is 2. The van der Waals surface area contributed by atoms with Gasteiger partial charge in [0.05, 0.1) is 36.3 Å². The summed E-state index contributed by atoms with van der Waals surface area (Å²) in [7, 11) is 1.71. The number of anilines is 2. The molecule has 3 rings (SSSR count). The van der Waals surface area contributed by atoms with Crippen molar-refractivity contribution in [3.63, 3.8) is 0 Å². The van der Waals surface area contributed by atoms with Crippen molar-refractivity contribution in [1.29, 1.82) is 0 Å². The van der Waals surface area contributed by atoms with Crippen LogP contribution in [0.5, 0.6) is 0 Å². The summed E-state index contributed by atoms with van der Waals surface area (Å²) in [6.07, 6.45) is 1.47. The molecular formula is C17H16BrFN4O3. The number of hydroxylamine groups is 1. The molecule has 1 amide bonds. The molecule has 0 unspecified atom stereocenters. The first kappa shape index (κ1) is 18.3. The van der Waals surface area contributed by atoms with Gasteiger partial charge in [-0.3, -0.25) is 9.63 Å². The van der Waals surface area contributed by atoms with Crippen LogP contribution >= 0.6 is 15.9 Å². The second-order valence-electron chi connectivity index (χ2n) is 5.47. The molecule has 0 aliphatic heterocycles. The second-order valence-corrected chi connectivity index (χ2v) is 6.39. The molecule has 0 radical (unpaired) electrons. The Kier molecular flexibility index (Phi) is 5.50. The van der Waals surface area contributed by atoms with Crippen LogP contribution in [0, 0.1) is 5.82 Å². The van der Waals surface area contributed by atoms with Crippen molar-refractivity contribution in [2.24, 2.45) is 7.05 Å². The summed E-state index contributed by atoms with van der Waals surface area (Å²) in [4.78, 5) is 21.4. The van der Waals surface area contributed by atoms with Crippen LogP contribution in [-0.2, 0) is 11.9 Å². The number of carbonyl (C=O) groups is 1. The Hall–Kier alpha value is -2.49. The number of fused-ring (bicyclic) bond motifs is 1. The lowest BCUT2D eigenvalue weighted by Gasteiger charge is -2.14. The van der Waals surface area contributed by atoms with Crippen LogP contribution in [0.2, 0.25) is 0 Å². The number of aliphatic hydroxyl groups is 1. The number of imidazole rings is 1. The van der Waals surface area contributed by atoms with E-state index in [1.54, 1.807) is 35.9 Å². The Labute approximate surface area is 156 Å². The van der Waals surface area contributed by atoms with Crippen LogP contribution in [0.1, 0.15) is 10.4 Å². The molecule has 0 aliphatic carbocycles. The summed E-state index contributed by atoms with van der Waals surface area (Å²) in [6.45, 7) is -0.322. The van der Waals surface area contributed by atoms with Gasteiger partial charge in [0.15, 0.2) is 5.82 Å². The zero-order chi connectivity index (χ0) is 18.7. The first-order valence-electron chi connectivity index (χ1n) is 7.70. The maximum atomic E-state index is 15.0. The summed E-state index contributed by atoms with van der Waals surface area (Å²) in [5.74, 6) is -1.28. The second kappa shape index (κ2) is 7.81. The monoisotopic (exact) mass is 422 g/mol. The molecule has 9 heteroatoms. The molecule has 0 atom stereocenters. The van der Waals surface area contributed by atoms with E-state index < -0.39 is 11.7 Å². The van der Waals surface area contributed by atoms with E-state index in [0.717, 1.165) is 4.47 Å². The maximum Gasteiger partial charge on any atom is 0.277 e. The van der Waals surface area contributed by atoms with Gasteiger partial charge in [-0.25, -0.2) is 14.9 Å². The highest BCUT2D eigenvalue weighted by Crippen LogP contribution is 2.31. The molecule has 0 aliphatic rings. The molecule has 1 heterocycles. The molecular weight excluding hydrogens is 407 g/mol. The fraction of sp³-hybridized carbons (Fsp3) is 0.176. The van der Waals surface area contributed by atoms with Gasteiger partial charge < -0.3 is 15.0 Å². The molecule has 0 bridgehead atoms. The van der Waals surface area contributed by atoms with Crippen molar-refractivity contribution in [2.45, 2.75) is 0 Å². The van der Waals surface area contributed by atoms with E-state index in [1.807, 2.05) is 0 Å². The SMILES string of the molecule is Cn1cnc2c(F)c(Nc3ccc(Br)cc3)c(C(=O)NOCCO)cc21. The number of aromatic nitrogens is 2. The molecule has 1 aromatic heterocycles. The van der Waals surface area contributed by atoms with Gasteiger partial charge in [0, 0.05) is 17.2 Å². The minimum Gasteiger partial charge on any atom is -0.394 e. The zero-order valence-electron chi connectivity index (χ0n) is 13.8. The lowest BCUT2D eigenvalue weighted by atomic mass is 10.1. The lowest BCUT2D eigenvalue weighted by molar-refractivity contribution is 0.0169. The Morgan fingerprint density at radius 2 is 2.12 bits per heavy atom. The number of halogens is 2. The summed E-state index contributed by atoms with van der Waals surface area (Å²) in [5.41, 5.74) is 3.47. The number of hydrogen-bond donors (Lipinski definition) is 3. The third-order valence-corrected chi connectivity index (χ3v) is 4.21. The maximum absolute atomic E-state index is 15.0. The Morgan fingerprint density at radius 3 is 2.81 bits per heavy atom. The average molecular weight is 423 g/mol. The molecule has 0 saturated heterocycles. The van der Waals surface area contributed by atoms with E-state index in [-0.39, 0.29) is 30.0 Å².